The van der Waals surface area contributed by atoms with E-state index < -0.39 is 18.3 Å². The van der Waals surface area contributed by atoms with E-state index in [0.29, 0.717) is 0 Å². The molecule has 0 amide bonds. The molecule has 3 nitrogen and oxygen atoms in total. The third kappa shape index (κ3) is 4.92. The van der Waals surface area contributed by atoms with Crippen LogP contribution in [0.3, 0.4) is 0 Å². The third-order valence-corrected chi connectivity index (χ3v) is 10.8. The van der Waals surface area contributed by atoms with Gasteiger partial charge in [0, 0.05) is 21.7 Å². The van der Waals surface area contributed by atoms with E-state index in [0.717, 1.165) is 55.3 Å². The van der Waals surface area contributed by atoms with Crippen molar-refractivity contribution in [2.75, 3.05) is 0 Å². The Morgan fingerprint density at radius 1 is 0.480 bits per heavy atom. The van der Waals surface area contributed by atoms with Gasteiger partial charge in [-0.1, -0.05) is 121 Å². The first-order chi connectivity index (χ1) is 24.2. The van der Waals surface area contributed by atoms with Gasteiger partial charge in [-0.2, -0.15) is 0 Å². The summed E-state index contributed by atoms with van der Waals surface area (Å²) in [6.07, 6.45) is 0. The lowest BCUT2D eigenvalue weighted by Crippen LogP contribution is -2.41. The SMILES string of the molecule is CC1(C)OB(c2ccc(-c3ccc4c(c3)nc(-c3ccc(-c5ccc(F)cc5)cc3)c3c5ccccc5c5ccccc5c43)cc2)OC1(C)C. The molecule has 0 spiro atoms. The summed E-state index contributed by atoms with van der Waals surface area (Å²) in [6.45, 7) is 8.31. The van der Waals surface area contributed by atoms with Crippen LogP contribution in [0.1, 0.15) is 27.7 Å². The largest absolute Gasteiger partial charge is 0.494 e. The van der Waals surface area contributed by atoms with Crippen LogP contribution in [0.5, 0.6) is 0 Å². The van der Waals surface area contributed by atoms with E-state index in [4.69, 9.17) is 14.3 Å². The van der Waals surface area contributed by atoms with Crippen molar-refractivity contribution >= 4 is 55.8 Å². The Labute approximate surface area is 291 Å². The minimum Gasteiger partial charge on any atom is -0.399 e. The van der Waals surface area contributed by atoms with Crippen LogP contribution in [-0.2, 0) is 9.31 Å². The first kappa shape index (κ1) is 30.7. The number of pyridine rings is 1. The van der Waals surface area contributed by atoms with E-state index in [9.17, 15) is 4.39 Å². The van der Waals surface area contributed by atoms with Crippen molar-refractivity contribution in [1.82, 2.24) is 4.98 Å². The second-order valence-corrected chi connectivity index (χ2v) is 14.3. The monoisotopic (exact) mass is 651 g/mol. The Morgan fingerprint density at radius 3 is 1.54 bits per heavy atom. The number of benzene rings is 7. The zero-order valence-electron chi connectivity index (χ0n) is 28.5. The molecule has 0 aliphatic carbocycles. The smallest absolute Gasteiger partial charge is 0.399 e. The minimum absolute atomic E-state index is 0.239. The molecular formula is C45H35BFNO2. The lowest BCUT2D eigenvalue weighted by atomic mass is 9.78. The number of hydrogen-bond donors (Lipinski definition) is 0. The highest BCUT2D eigenvalue weighted by Crippen LogP contribution is 2.43. The van der Waals surface area contributed by atoms with Gasteiger partial charge in [0.15, 0.2) is 0 Å². The molecule has 0 unspecified atom stereocenters. The van der Waals surface area contributed by atoms with Crippen LogP contribution in [0.4, 0.5) is 4.39 Å². The van der Waals surface area contributed by atoms with Crippen molar-refractivity contribution < 1.29 is 13.7 Å². The number of aromatic nitrogens is 1. The summed E-state index contributed by atoms with van der Waals surface area (Å²) in [7, 11) is -0.404. The molecule has 0 radical (unpaired) electrons. The molecule has 1 fully saturated rings. The third-order valence-electron chi connectivity index (χ3n) is 10.8. The Hall–Kier alpha value is -5.36. The number of hydrogen-bond acceptors (Lipinski definition) is 3. The molecule has 7 aromatic carbocycles. The molecule has 242 valence electrons. The highest BCUT2D eigenvalue weighted by atomic mass is 19.1. The van der Waals surface area contributed by atoms with Crippen LogP contribution < -0.4 is 5.46 Å². The zero-order chi connectivity index (χ0) is 34.2. The lowest BCUT2D eigenvalue weighted by Gasteiger charge is -2.32. The molecule has 5 heteroatoms. The van der Waals surface area contributed by atoms with Gasteiger partial charge in [0.25, 0.3) is 0 Å². The van der Waals surface area contributed by atoms with Crippen molar-refractivity contribution in [2.45, 2.75) is 38.9 Å². The molecule has 9 rings (SSSR count). The van der Waals surface area contributed by atoms with E-state index >= 15 is 0 Å². The van der Waals surface area contributed by atoms with Gasteiger partial charge >= 0.3 is 7.12 Å². The van der Waals surface area contributed by atoms with Gasteiger partial charge in [0.05, 0.1) is 22.4 Å². The summed E-state index contributed by atoms with van der Waals surface area (Å²) in [5.74, 6) is -0.239. The Kier molecular flexibility index (Phi) is 6.96. The fourth-order valence-electron chi connectivity index (χ4n) is 7.34. The Balaban J connectivity index is 1.23. The van der Waals surface area contributed by atoms with Gasteiger partial charge in [-0.05, 0) is 95.2 Å². The van der Waals surface area contributed by atoms with Crippen LogP contribution in [0.15, 0.2) is 140 Å². The summed E-state index contributed by atoms with van der Waals surface area (Å²) >= 11 is 0. The summed E-state index contributed by atoms with van der Waals surface area (Å²) in [6, 6.07) is 47.5. The van der Waals surface area contributed by atoms with Crippen molar-refractivity contribution in [2.24, 2.45) is 0 Å². The van der Waals surface area contributed by atoms with Crippen LogP contribution in [0.25, 0.3) is 76.7 Å². The molecule has 0 atom stereocenters. The first-order valence-electron chi connectivity index (χ1n) is 17.2. The summed E-state index contributed by atoms with van der Waals surface area (Å²) < 4.78 is 26.3. The van der Waals surface area contributed by atoms with Crippen LogP contribution in [-0.4, -0.2) is 23.3 Å². The first-order valence-corrected chi connectivity index (χ1v) is 17.2. The predicted molar refractivity (Wildman–Crippen MR) is 206 cm³/mol. The molecule has 50 heavy (non-hydrogen) atoms. The van der Waals surface area contributed by atoms with Crippen LogP contribution in [0, 0.1) is 5.82 Å². The van der Waals surface area contributed by atoms with Crippen molar-refractivity contribution in [1.29, 1.82) is 0 Å². The normalized spacial score (nSPS) is 15.4. The maximum absolute atomic E-state index is 13.7. The topological polar surface area (TPSA) is 31.4 Å². The zero-order valence-corrected chi connectivity index (χ0v) is 28.5. The van der Waals surface area contributed by atoms with E-state index in [1.807, 2.05) is 12.1 Å². The van der Waals surface area contributed by atoms with Gasteiger partial charge in [0.1, 0.15) is 5.82 Å². The molecule has 1 aliphatic heterocycles. The molecule has 1 saturated heterocycles. The fourth-order valence-corrected chi connectivity index (χ4v) is 7.34. The summed E-state index contributed by atoms with van der Waals surface area (Å²) in [5.41, 5.74) is 7.31. The van der Waals surface area contributed by atoms with Crippen LogP contribution >= 0.6 is 0 Å². The van der Waals surface area contributed by atoms with Gasteiger partial charge in [0.2, 0.25) is 0 Å². The number of halogens is 1. The molecular weight excluding hydrogens is 616 g/mol. The highest BCUT2D eigenvalue weighted by molar-refractivity contribution is 6.62. The molecule has 0 saturated carbocycles. The number of rotatable bonds is 4. The molecule has 0 N–H and O–H groups in total. The number of fused-ring (bicyclic) bond motifs is 8. The maximum atomic E-state index is 13.7. The van der Waals surface area contributed by atoms with Crippen molar-refractivity contribution in [3.63, 3.8) is 0 Å². The van der Waals surface area contributed by atoms with E-state index in [-0.39, 0.29) is 5.82 Å². The van der Waals surface area contributed by atoms with Gasteiger partial charge in [-0.15, -0.1) is 0 Å². The number of nitrogens with zero attached hydrogens (tertiary/aromatic N) is 1. The minimum atomic E-state index is -0.404. The van der Waals surface area contributed by atoms with Crippen molar-refractivity contribution in [3.8, 4) is 33.5 Å². The van der Waals surface area contributed by atoms with E-state index in [1.165, 1.54) is 39.1 Å². The quantitative estimate of drug-likeness (QED) is 0.140. The van der Waals surface area contributed by atoms with Crippen molar-refractivity contribution in [3.05, 3.63) is 145 Å². The Bertz CT molecular complexity index is 2580. The molecule has 1 aliphatic rings. The summed E-state index contributed by atoms with van der Waals surface area (Å²) in [4.78, 5) is 5.45. The van der Waals surface area contributed by atoms with Gasteiger partial charge < -0.3 is 9.31 Å². The lowest BCUT2D eigenvalue weighted by molar-refractivity contribution is 0.00578. The molecule has 2 heterocycles. The standard InChI is InChI=1S/C45H35BFNO2/c1-44(2)45(3,4)50-46(49-44)33-22-17-30(18-23-33)32-21-26-39-40(27-32)48-43(31-15-13-28(14-16-31)29-19-24-34(47)25-20-29)42-38-12-8-6-10-36(38)35-9-5-7-11-37(35)41(39)42/h5-27H,1-4H3. The molecule has 0 bridgehead atoms. The predicted octanol–water partition coefficient (Wildman–Crippen LogP) is 11.1. The molecule has 8 aromatic rings. The molecule has 1 aromatic heterocycles. The van der Waals surface area contributed by atoms with Gasteiger partial charge in [-0.3, -0.25) is 0 Å². The van der Waals surface area contributed by atoms with E-state index in [2.05, 4.69) is 143 Å². The average Bonchev–Trinajstić information content (AvgIpc) is 3.37. The highest BCUT2D eigenvalue weighted by Gasteiger charge is 2.51. The summed E-state index contributed by atoms with van der Waals surface area (Å²) in [5, 5.41) is 8.27. The second-order valence-electron chi connectivity index (χ2n) is 14.3. The maximum Gasteiger partial charge on any atom is 0.494 e. The van der Waals surface area contributed by atoms with Gasteiger partial charge in [-0.25, -0.2) is 9.37 Å². The Morgan fingerprint density at radius 2 is 0.940 bits per heavy atom. The fraction of sp³-hybridized carbons (Fsp3) is 0.133. The second kappa shape index (κ2) is 11.3. The van der Waals surface area contributed by atoms with Crippen LogP contribution in [0.2, 0.25) is 0 Å². The average molecular weight is 652 g/mol. The van der Waals surface area contributed by atoms with E-state index in [1.54, 1.807) is 0 Å².